The quantitative estimate of drug-likeness (QED) is 0.193. The SMILES string of the molecule is CN(N)NC=NC1CCC(NS(=O)(=O)c2ccc(N)cc2)CC1. The Bertz CT molecular complexity index is 621. The molecule has 0 spiro atoms. The molecule has 0 bridgehead atoms. The van der Waals surface area contributed by atoms with E-state index in [1.165, 1.54) is 17.3 Å². The lowest BCUT2D eigenvalue weighted by molar-refractivity contribution is 0.306. The number of aliphatic imine (C=N–C) groups is 1. The number of nitrogens with one attached hydrogen (secondary N) is 2. The zero-order valence-corrected chi connectivity index (χ0v) is 14.0. The number of benzene rings is 1. The number of sulfonamides is 1. The topological polar surface area (TPSA) is 126 Å². The Morgan fingerprint density at radius 3 is 2.39 bits per heavy atom. The third-order valence-corrected chi connectivity index (χ3v) is 5.29. The Morgan fingerprint density at radius 2 is 1.83 bits per heavy atom. The predicted octanol–water partition coefficient (Wildman–Crippen LogP) is 0.197. The van der Waals surface area contributed by atoms with E-state index in [9.17, 15) is 8.42 Å². The number of hydrazine groups is 2. The van der Waals surface area contributed by atoms with E-state index in [0.29, 0.717) is 5.69 Å². The lowest BCUT2D eigenvalue weighted by atomic mass is 9.92. The molecule has 0 unspecified atom stereocenters. The van der Waals surface area contributed by atoms with Gasteiger partial charge in [0.15, 0.2) is 0 Å². The first kappa shape index (κ1) is 17.7. The zero-order valence-electron chi connectivity index (χ0n) is 13.1. The minimum atomic E-state index is -3.50. The molecule has 23 heavy (non-hydrogen) atoms. The molecule has 0 amide bonds. The first-order valence-electron chi connectivity index (χ1n) is 7.51. The van der Waals surface area contributed by atoms with E-state index in [0.717, 1.165) is 25.7 Å². The summed E-state index contributed by atoms with van der Waals surface area (Å²) in [5.74, 6) is 5.41. The van der Waals surface area contributed by atoms with Crippen molar-refractivity contribution in [3.05, 3.63) is 24.3 Å². The fourth-order valence-electron chi connectivity index (χ4n) is 2.51. The Morgan fingerprint density at radius 1 is 1.22 bits per heavy atom. The van der Waals surface area contributed by atoms with Gasteiger partial charge in [-0.15, -0.1) is 0 Å². The lowest BCUT2D eigenvalue weighted by Gasteiger charge is -2.26. The van der Waals surface area contributed by atoms with Gasteiger partial charge in [0.25, 0.3) is 0 Å². The number of rotatable bonds is 6. The van der Waals surface area contributed by atoms with Crippen LogP contribution in [0, 0.1) is 0 Å². The minimum Gasteiger partial charge on any atom is -0.399 e. The van der Waals surface area contributed by atoms with E-state index in [2.05, 4.69) is 15.1 Å². The molecular formula is C14H24N6O2S. The molecule has 0 heterocycles. The second kappa shape index (κ2) is 7.73. The van der Waals surface area contributed by atoms with E-state index in [-0.39, 0.29) is 17.0 Å². The molecule has 1 aliphatic carbocycles. The molecule has 0 atom stereocenters. The normalized spacial score (nSPS) is 22.6. The summed E-state index contributed by atoms with van der Waals surface area (Å²) < 4.78 is 27.4. The van der Waals surface area contributed by atoms with Crippen molar-refractivity contribution in [3.63, 3.8) is 0 Å². The van der Waals surface area contributed by atoms with Gasteiger partial charge in [0.2, 0.25) is 10.0 Å². The van der Waals surface area contributed by atoms with Crippen LogP contribution < -0.4 is 21.7 Å². The van der Waals surface area contributed by atoms with E-state index in [1.54, 1.807) is 25.5 Å². The van der Waals surface area contributed by atoms with Crippen LogP contribution in [0.15, 0.2) is 34.2 Å². The minimum absolute atomic E-state index is 0.0610. The molecule has 0 aromatic heterocycles. The monoisotopic (exact) mass is 340 g/mol. The summed E-state index contributed by atoms with van der Waals surface area (Å²) in [7, 11) is -1.83. The highest BCUT2D eigenvalue weighted by Gasteiger charge is 2.25. The van der Waals surface area contributed by atoms with Crippen molar-refractivity contribution in [2.75, 3.05) is 12.8 Å². The maximum Gasteiger partial charge on any atom is 0.240 e. The van der Waals surface area contributed by atoms with Crippen molar-refractivity contribution in [1.82, 2.24) is 15.3 Å². The van der Waals surface area contributed by atoms with Gasteiger partial charge in [-0.3, -0.25) is 16.3 Å². The van der Waals surface area contributed by atoms with Crippen molar-refractivity contribution in [3.8, 4) is 0 Å². The van der Waals surface area contributed by atoms with Gasteiger partial charge in [-0.2, -0.15) is 5.12 Å². The van der Waals surface area contributed by atoms with E-state index in [1.807, 2.05) is 0 Å². The van der Waals surface area contributed by atoms with Crippen molar-refractivity contribution in [2.45, 2.75) is 42.7 Å². The average molecular weight is 340 g/mol. The Kier molecular flexibility index (Phi) is 5.94. The lowest BCUT2D eigenvalue weighted by Crippen LogP contribution is -2.40. The number of hydrogen-bond acceptors (Lipinski definition) is 6. The Hall–Kier alpha value is -1.68. The smallest absolute Gasteiger partial charge is 0.240 e. The second-order valence-electron chi connectivity index (χ2n) is 5.71. The molecule has 1 aromatic rings. The van der Waals surface area contributed by atoms with Gasteiger partial charge in [0, 0.05) is 18.8 Å². The highest BCUT2D eigenvalue weighted by Crippen LogP contribution is 2.23. The summed E-state index contributed by atoms with van der Waals surface area (Å²) >= 11 is 0. The van der Waals surface area contributed by atoms with Crippen LogP contribution in [-0.2, 0) is 10.0 Å². The van der Waals surface area contributed by atoms with E-state index >= 15 is 0 Å². The van der Waals surface area contributed by atoms with Crippen LogP contribution in [0.4, 0.5) is 5.69 Å². The zero-order chi connectivity index (χ0) is 16.9. The number of nitrogens with two attached hydrogens (primary N) is 2. The second-order valence-corrected chi connectivity index (χ2v) is 7.43. The highest BCUT2D eigenvalue weighted by atomic mass is 32.2. The molecule has 0 aliphatic heterocycles. The first-order valence-corrected chi connectivity index (χ1v) is 8.99. The van der Waals surface area contributed by atoms with Gasteiger partial charge in [0.1, 0.15) is 0 Å². The summed E-state index contributed by atoms with van der Waals surface area (Å²) in [6, 6.07) is 6.34. The van der Waals surface area contributed by atoms with Gasteiger partial charge in [-0.05, 0) is 49.9 Å². The highest BCUT2D eigenvalue weighted by molar-refractivity contribution is 7.89. The van der Waals surface area contributed by atoms with Crippen molar-refractivity contribution < 1.29 is 8.42 Å². The largest absolute Gasteiger partial charge is 0.399 e. The van der Waals surface area contributed by atoms with Gasteiger partial charge in [-0.1, -0.05) is 0 Å². The number of hydrogen-bond donors (Lipinski definition) is 4. The molecule has 8 nitrogen and oxygen atoms in total. The molecule has 128 valence electrons. The van der Waals surface area contributed by atoms with Crippen molar-refractivity contribution >= 4 is 22.0 Å². The van der Waals surface area contributed by atoms with Crippen LogP contribution in [0.2, 0.25) is 0 Å². The number of nitrogen functional groups attached to an aromatic ring is 1. The number of anilines is 1. The van der Waals surface area contributed by atoms with Gasteiger partial charge < -0.3 is 5.73 Å². The molecule has 1 aliphatic rings. The molecule has 1 aromatic carbocycles. The summed E-state index contributed by atoms with van der Waals surface area (Å²) in [6.07, 6.45) is 4.76. The summed E-state index contributed by atoms with van der Waals surface area (Å²) in [4.78, 5) is 4.61. The summed E-state index contributed by atoms with van der Waals surface area (Å²) in [6.45, 7) is 0. The molecule has 1 saturated carbocycles. The van der Waals surface area contributed by atoms with Crippen molar-refractivity contribution in [1.29, 1.82) is 0 Å². The molecule has 9 heteroatoms. The van der Waals surface area contributed by atoms with Gasteiger partial charge in [0.05, 0.1) is 17.3 Å². The molecular weight excluding hydrogens is 316 g/mol. The molecule has 2 rings (SSSR count). The van der Waals surface area contributed by atoms with E-state index in [4.69, 9.17) is 11.6 Å². The first-order chi connectivity index (χ1) is 10.9. The van der Waals surface area contributed by atoms with Crippen LogP contribution in [0.1, 0.15) is 25.7 Å². The fraction of sp³-hybridized carbons (Fsp3) is 0.500. The Balaban J connectivity index is 1.86. The van der Waals surface area contributed by atoms with Gasteiger partial charge >= 0.3 is 0 Å². The average Bonchev–Trinajstić information content (AvgIpc) is 2.49. The van der Waals surface area contributed by atoms with Gasteiger partial charge in [-0.25, -0.2) is 13.1 Å². The van der Waals surface area contributed by atoms with Crippen molar-refractivity contribution in [2.24, 2.45) is 10.8 Å². The van der Waals surface area contributed by atoms with Crippen LogP contribution in [0.3, 0.4) is 0 Å². The maximum atomic E-state index is 12.3. The summed E-state index contributed by atoms with van der Waals surface area (Å²) in [5, 5.41) is 1.32. The molecule has 0 saturated heterocycles. The fourth-order valence-corrected chi connectivity index (χ4v) is 3.81. The molecule has 0 radical (unpaired) electrons. The summed E-state index contributed by atoms with van der Waals surface area (Å²) in [5.41, 5.74) is 8.89. The third kappa shape index (κ3) is 5.47. The predicted molar refractivity (Wildman–Crippen MR) is 90.8 cm³/mol. The Labute approximate surface area is 136 Å². The molecule has 6 N–H and O–H groups in total. The van der Waals surface area contributed by atoms with Crippen LogP contribution in [0.5, 0.6) is 0 Å². The third-order valence-electron chi connectivity index (χ3n) is 3.76. The molecule has 1 fully saturated rings. The van der Waals surface area contributed by atoms with Crippen LogP contribution in [0.25, 0.3) is 0 Å². The standard InChI is InChI=1S/C14H24N6O2S/c1-20(16)18-10-17-12-4-6-13(7-5-12)19-23(21,22)14-8-2-11(15)3-9-14/h2-3,8-10,12-13,19H,4-7,15-16H2,1H3,(H,17,18). The van der Waals surface area contributed by atoms with Crippen LogP contribution in [-0.4, -0.2) is 39.0 Å². The van der Waals surface area contributed by atoms with Crippen LogP contribution >= 0.6 is 0 Å². The maximum absolute atomic E-state index is 12.3. The number of nitrogens with zero attached hydrogens (tertiary/aromatic N) is 2. The van der Waals surface area contributed by atoms with E-state index < -0.39 is 10.0 Å².